The average molecular weight is 313 g/mol. The molecule has 1 amide bonds. The Bertz CT molecular complexity index is 665. The highest BCUT2D eigenvalue weighted by molar-refractivity contribution is 6.07. The second kappa shape index (κ2) is 7.57. The van der Waals surface area contributed by atoms with Crippen LogP contribution < -0.4 is 0 Å². The predicted molar refractivity (Wildman–Crippen MR) is 90.7 cm³/mol. The van der Waals surface area contributed by atoms with Gasteiger partial charge in [0, 0.05) is 31.7 Å². The van der Waals surface area contributed by atoms with Gasteiger partial charge in [-0.2, -0.15) is 0 Å². The van der Waals surface area contributed by atoms with Crippen molar-refractivity contribution in [1.29, 1.82) is 0 Å². The monoisotopic (exact) mass is 313 g/mol. The smallest absolute Gasteiger partial charge is 0.254 e. The molecule has 1 aliphatic rings. The second-order valence-corrected chi connectivity index (χ2v) is 6.00. The van der Waals surface area contributed by atoms with Crippen LogP contribution in [0.3, 0.4) is 0 Å². The van der Waals surface area contributed by atoms with Crippen molar-refractivity contribution in [3.8, 4) is 0 Å². The minimum Gasteiger partial charge on any atom is -0.382 e. The van der Waals surface area contributed by atoms with Crippen LogP contribution in [0.25, 0.3) is 10.8 Å². The van der Waals surface area contributed by atoms with Crippen LogP contribution in [-0.4, -0.2) is 50.8 Å². The third-order valence-electron chi connectivity index (χ3n) is 4.38. The van der Waals surface area contributed by atoms with Crippen molar-refractivity contribution in [2.45, 2.75) is 6.42 Å². The van der Waals surface area contributed by atoms with Crippen molar-refractivity contribution in [2.75, 3.05) is 40.0 Å². The number of nitrogens with zero attached hydrogens (tertiary/aromatic N) is 1. The van der Waals surface area contributed by atoms with Crippen molar-refractivity contribution in [2.24, 2.45) is 5.92 Å². The lowest BCUT2D eigenvalue weighted by Crippen LogP contribution is -2.29. The van der Waals surface area contributed by atoms with Gasteiger partial charge in [0.25, 0.3) is 5.91 Å². The van der Waals surface area contributed by atoms with Gasteiger partial charge in [0.15, 0.2) is 0 Å². The maximum Gasteiger partial charge on any atom is 0.254 e. The number of hydrogen-bond donors (Lipinski definition) is 0. The van der Waals surface area contributed by atoms with Crippen LogP contribution in [-0.2, 0) is 9.47 Å². The molecule has 122 valence electrons. The zero-order chi connectivity index (χ0) is 16.1. The molecule has 4 nitrogen and oxygen atoms in total. The minimum absolute atomic E-state index is 0.126. The quantitative estimate of drug-likeness (QED) is 0.770. The first kappa shape index (κ1) is 16.0. The standard InChI is InChI=1S/C19H23NO3/c1-22-11-12-23-14-15-9-10-20(13-15)19(21)18-8-4-6-16-5-2-3-7-17(16)18/h2-8,15H,9-14H2,1H3/t15-/m1/s1. The molecule has 4 heteroatoms. The van der Waals surface area contributed by atoms with Gasteiger partial charge in [-0.25, -0.2) is 0 Å². The largest absolute Gasteiger partial charge is 0.382 e. The molecule has 0 aliphatic carbocycles. The average Bonchev–Trinajstić information content (AvgIpc) is 3.06. The van der Waals surface area contributed by atoms with Crippen LogP contribution in [0, 0.1) is 5.92 Å². The lowest BCUT2D eigenvalue weighted by atomic mass is 10.0. The van der Waals surface area contributed by atoms with E-state index in [2.05, 4.69) is 0 Å². The Hall–Kier alpha value is -1.91. The molecular formula is C19H23NO3. The number of amides is 1. The van der Waals surface area contributed by atoms with E-state index in [-0.39, 0.29) is 5.91 Å². The molecule has 0 saturated carbocycles. The number of fused-ring (bicyclic) bond motifs is 1. The number of carbonyl (C=O) groups is 1. The molecule has 1 aliphatic heterocycles. The van der Waals surface area contributed by atoms with E-state index in [1.54, 1.807) is 7.11 Å². The van der Waals surface area contributed by atoms with E-state index in [4.69, 9.17) is 9.47 Å². The summed E-state index contributed by atoms with van der Waals surface area (Å²) in [5.74, 6) is 0.548. The SMILES string of the molecule is COCCOC[C@@H]1CCN(C(=O)c2cccc3ccccc23)C1. The van der Waals surface area contributed by atoms with Gasteiger partial charge in [0.1, 0.15) is 0 Å². The van der Waals surface area contributed by atoms with Crippen molar-refractivity contribution in [3.63, 3.8) is 0 Å². The lowest BCUT2D eigenvalue weighted by molar-refractivity contribution is 0.0515. The van der Waals surface area contributed by atoms with E-state index < -0.39 is 0 Å². The topological polar surface area (TPSA) is 38.8 Å². The van der Waals surface area contributed by atoms with E-state index >= 15 is 0 Å². The van der Waals surface area contributed by atoms with E-state index in [1.807, 2.05) is 47.4 Å². The molecular weight excluding hydrogens is 290 g/mol. The van der Waals surface area contributed by atoms with Crippen molar-refractivity contribution < 1.29 is 14.3 Å². The molecule has 0 radical (unpaired) electrons. The maximum absolute atomic E-state index is 12.8. The van der Waals surface area contributed by atoms with Gasteiger partial charge < -0.3 is 14.4 Å². The van der Waals surface area contributed by atoms with Crippen LogP contribution in [0.5, 0.6) is 0 Å². The van der Waals surface area contributed by atoms with E-state index in [0.717, 1.165) is 35.8 Å². The van der Waals surface area contributed by atoms with Gasteiger partial charge in [-0.15, -0.1) is 0 Å². The molecule has 0 aromatic heterocycles. The Labute approximate surface area is 137 Å². The third kappa shape index (κ3) is 3.71. The van der Waals surface area contributed by atoms with Crippen LogP contribution in [0.2, 0.25) is 0 Å². The van der Waals surface area contributed by atoms with Gasteiger partial charge in [-0.05, 0) is 23.3 Å². The zero-order valence-corrected chi connectivity index (χ0v) is 13.5. The number of methoxy groups -OCH3 is 1. The fraction of sp³-hybridized carbons (Fsp3) is 0.421. The van der Waals surface area contributed by atoms with Crippen LogP contribution in [0.1, 0.15) is 16.8 Å². The molecule has 23 heavy (non-hydrogen) atoms. The fourth-order valence-corrected chi connectivity index (χ4v) is 3.13. The molecule has 0 bridgehead atoms. The molecule has 3 rings (SSSR count). The summed E-state index contributed by atoms with van der Waals surface area (Å²) >= 11 is 0. The Balaban J connectivity index is 1.64. The molecule has 1 heterocycles. The highest BCUT2D eigenvalue weighted by atomic mass is 16.5. The first-order chi connectivity index (χ1) is 11.3. The third-order valence-corrected chi connectivity index (χ3v) is 4.38. The summed E-state index contributed by atoms with van der Waals surface area (Å²) in [6.45, 7) is 3.51. The normalized spacial score (nSPS) is 17.8. The number of carbonyl (C=O) groups excluding carboxylic acids is 1. The van der Waals surface area contributed by atoms with Crippen molar-refractivity contribution in [3.05, 3.63) is 48.0 Å². The van der Waals surface area contributed by atoms with Crippen LogP contribution in [0.4, 0.5) is 0 Å². The highest BCUT2D eigenvalue weighted by Crippen LogP contribution is 2.23. The summed E-state index contributed by atoms with van der Waals surface area (Å²) in [6, 6.07) is 14.0. The van der Waals surface area contributed by atoms with Gasteiger partial charge in [-0.3, -0.25) is 4.79 Å². The summed E-state index contributed by atoms with van der Waals surface area (Å²) in [5.41, 5.74) is 0.795. The Morgan fingerprint density at radius 1 is 1.17 bits per heavy atom. The van der Waals surface area contributed by atoms with Gasteiger partial charge in [0.2, 0.25) is 0 Å². The first-order valence-electron chi connectivity index (χ1n) is 8.13. The Morgan fingerprint density at radius 2 is 2.00 bits per heavy atom. The summed E-state index contributed by atoms with van der Waals surface area (Å²) < 4.78 is 10.6. The van der Waals surface area contributed by atoms with Crippen molar-refractivity contribution in [1.82, 2.24) is 4.90 Å². The van der Waals surface area contributed by atoms with Gasteiger partial charge in [0.05, 0.1) is 19.8 Å². The lowest BCUT2D eigenvalue weighted by Gasteiger charge is -2.18. The number of ether oxygens (including phenoxy) is 2. The number of hydrogen-bond acceptors (Lipinski definition) is 3. The molecule has 0 unspecified atom stereocenters. The molecule has 1 fully saturated rings. The number of likely N-dealkylation sites (tertiary alicyclic amines) is 1. The highest BCUT2D eigenvalue weighted by Gasteiger charge is 2.27. The Kier molecular flexibility index (Phi) is 5.26. The van der Waals surface area contributed by atoms with Crippen molar-refractivity contribution >= 4 is 16.7 Å². The molecule has 2 aromatic rings. The maximum atomic E-state index is 12.8. The molecule has 2 aromatic carbocycles. The second-order valence-electron chi connectivity index (χ2n) is 6.00. The van der Waals surface area contributed by atoms with E-state index in [1.165, 1.54) is 0 Å². The molecule has 0 spiro atoms. The fourth-order valence-electron chi connectivity index (χ4n) is 3.13. The summed E-state index contributed by atoms with van der Waals surface area (Å²) in [6.07, 6.45) is 1.00. The summed E-state index contributed by atoms with van der Waals surface area (Å²) in [5, 5.41) is 2.14. The predicted octanol–water partition coefficient (Wildman–Crippen LogP) is 2.96. The first-order valence-corrected chi connectivity index (χ1v) is 8.13. The molecule has 1 atom stereocenters. The molecule has 0 N–H and O–H groups in total. The van der Waals surface area contributed by atoms with Gasteiger partial charge >= 0.3 is 0 Å². The zero-order valence-electron chi connectivity index (χ0n) is 13.5. The van der Waals surface area contributed by atoms with E-state index in [9.17, 15) is 4.79 Å². The number of benzene rings is 2. The van der Waals surface area contributed by atoms with Crippen LogP contribution in [0.15, 0.2) is 42.5 Å². The Morgan fingerprint density at radius 3 is 2.87 bits per heavy atom. The van der Waals surface area contributed by atoms with Gasteiger partial charge in [-0.1, -0.05) is 36.4 Å². The minimum atomic E-state index is 0.126. The summed E-state index contributed by atoms with van der Waals surface area (Å²) in [4.78, 5) is 14.8. The number of rotatable bonds is 6. The van der Waals surface area contributed by atoms with E-state index in [0.29, 0.717) is 25.7 Å². The van der Waals surface area contributed by atoms with Crippen LogP contribution >= 0.6 is 0 Å². The molecule has 1 saturated heterocycles. The summed E-state index contributed by atoms with van der Waals surface area (Å²) in [7, 11) is 1.67.